The fourth-order valence-electron chi connectivity index (χ4n) is 3.19. The number of nitrogens with zero attached hydrogens (tertiary/aromatic N) is 1. The number of phenolic OH excluding ortho intramolecular Hbond substituents is 1. The highest BCUT2D eigenvalue weighted by Crippen LogP contribution is 2.41. The van der Waals surface area contributed by atoms with Crippen LogP contribution < -0.4 is 0 Å². The van der Waals surface area contributed by atoms with E-state index in [0.717, 1.165) is 24.1 Å². The molecule has 1 aliphatic heterocycles. The zero-order valence-corrected chi connectivity index (χ0v) is 11.0. The predicted molar refractivity (Wildman–Crippen MR) is 76.7 cm³/mol. The molecule has 0 bridgehead atoms. The second-order valence-electron chi connectivity index (χ2n) is 5.40. The van der Waals surface area contributed by atoms with Gasteiger partial charge in [-0.3, -0.25) is 0 Å². The summed E-state index contributed by atoms with van der Waals surface area (Å²) in [6, 6.07) is 15.7. The Morgan fingerprint density at radius 1 is 1.05 bits per heavy atom. The van der Waals surface area contributed by atoms with Crippen molar-refractivity contribution in [2.75, 3.05) is 0 Å². The summed E-state index contributed by atoms with van der Waals surface area (Å²) in [5, 5.41) is 13.7. The van der Waals surface area contributed by atoms with E-state index in [1.54, 1.807) is 12.1 Å². The van der Waals surface area contributed by atoms with E-state index in [9.17, 15) is 5.11 Å². The summed E-state index contributed by atoms with van der Waals surface area (Å²) in [6.45, 7) is 0. The minimum absolute atomic E-state index is 0.0287. The Hall–Kier alpha value is -2.29. The second kappa shape index (κ2) is 4.37. The van der Waals surface area contributed by atoms with Crippen LogP contribution in [0.4, 0.5) is 0 Å². The third kappa shape index (κ3) is 1.70. The molecule has 0 amide bonds. The number of hydrogen-bond acceptors (Lipinski definition) is 3. The lowest BCUT2D eigenvalue weighted by atomic mass is 9.78. The molecule has 0 fully saturated rings. The van der Waals surface area contributed by atoms with Crippen molar-refractivity contribution in [3.63, 3.8) is 0 Å². The maximum Gasteiger partial charge on any atom is 0.161 e. The van der Waals surface area contributed by atoms with Crippen LogP contribution in [0.25, 0.3) is 0 Å². The van der Waals surface area contributed by atoms with E-state index in [2.05, 4.69) is 29.4 Å². The molecule has 3 heteroatoms. The molecule has 2 aromatic rings. The Kier molecular flexibility index (Phi) is 2.52. The van der Waals surface area contributed by atoms with Gasteiger partial charge in [-0.25, -0.2) is 0 Å². The number of aryl methyl sites for hydroxylation is 1. The molecule has 1 heterocycles. The molecule has 1 N–H and O–H groups in total. The summed E-state index contributed by atoms with van der Waals surface area (Å²) in [6.07, 6.45) is 2.10. The summed E-state index contributed by atoms with van der Waals surface area (Å²) in [5.41, 5.74) is 4.73. The first kappa shape index (κ1) is 11.5. The van der Waals surface area contributed by atoms with Crippen LogP contribution in [-0.2, 0) is 11.3 Å². The van der Waals surface area contributed by atoms with Gasteiger partial charge in [-0.1, -0.05) is 41.6 Å². The molecule has 0 aromatic heterocycles. The monoisotopic (exact) mass is 265 g/mol. The summed E-state index contributed by atoms with van der Waals surface area (Å²) in [5.74, 6) is 0.594. The molecule has 0 spiro atoms. The number of phenols is 1. The summed E-state index contributed by atoms with van der Waals surface area (Å²) in [7, 11) is 0. The van der Waals surface area contributed by atoms with Crippen molar-refractivity contribution < 1.29 is 9.94 Å². The van der Waals surface area contributed by atoms with Gasteiger partial charge in [0.2, 0.25) is 0 Å². The highest BCUT2D eigenvalue weighted by atomic mass is 16.6. The van der Waals surface area contributed by atoms with E-state index in [0.29, 0.717) is 5.92 Å². The van der Waals surface area contributed by atoms with Crippen molar-refractivity contribution in [2.24, 2.45) is 11.1 Å². The third-order valence-electron chi connectivity index (χ3n) is 4.22. The van der Waals surface area contributed by atoms with Gasteiger partial charge >= 0.3 is 0 Å². The summed E-state index contributed by atoms with van der Waals surface area (Å²) < 4.78 is 0. The van der Waals surface area contributed by atoms with Gasteiger partial charge in [0.05, 0.1) is 5.71 Å². The van der Waals surface area contributed by atoms with Crippen molar-refractivity contribution in [3.05, 3.63) is 65.2 Å². The molecular formula is C17H15NO2. The molecule has 0 saturated heterocycles. The molecule has 0 saturated carbocycles. The van der Waals surface area contributed by atoms with Crippen LogP contribution in [0.15, 0.2) is 53.7 Å². The van der Waals surface area contributed by atoms with Gasteiger partial charge in [-0.05, 0) is 36.1 Å². The lowest BCUT2D eigenvalue weighted by molar-refractivity contribution is 0.0594. The number of aromatic hydroxyl groups is 1. The van der Waals surface area contributed by atoms with E-state index >= 15 is 0 Å². The van der Waals surface area contributed by atoms with Gasteiger partial charge in [0.1, 0.15) is 5.75 Å². The molecule has 2 aliphatic rings. The molecule has 0 unspecified atom stereocenters. The SMILES string of the molecule is Oc1ccc([C@H]2ON=C3c4ccccc4CC[C@@H]32)cc1. The van der Waals surface area contributed by atoms with Crippen molar-refractivity contribution in [3.8, 4) is 5.75 Å². The standard InChI is InChI=1S/C17H15NO2/c19-13-8-5-12(6-9-13)17-15-10-7-11-3-1-2-4-14(11)16(15)18-20-17/h1-6,8-9,15,17,19H,7,10H2/t15-,17+/m0/s1. The maximum atomic E-state index is 9.39. The highest BCUT2D eigenvalue weighted by Gasteiger charge is 2.38. The Labute approximate surface area is 117 Å². The fourth-order valence-corrected chi connectivity index (χ4v) is 3.19. The van der Waals surface area contributed by atoms with E-state index in [1.165, 1.54) is 11.1 Å². The normalized spacial score (nSPS) is 23.5. The second-order valence-corrected chi connectivity index (χ2v) is 5.40. The average Bonchev–Trinajstić information content (AvgIpc) is 2.92. The van der Waals surface area contributed by atoms with Crippen LogP contribution in [-0.4, -0.2) is 10.8 Å². The first-order chi connectivity index (χ1) is 9.83. The quantitative estimate of drug-likeness (QED) is 0.858. The van der Waals surface area contributed by atoms with Gasteiger partial charge in [0.25, 0.3) is 0 Å². The van der Waals surface area contributed by atoms with Gasteiger partial charge in [-0.15, -0.1) is 0 Å². The number of oxime groups is 1. The third-order valence-corrected chi connectivity index (χ3v) is 4.22. The van der Waals surface area contributed by atoms with Gasteiger partial charge in [-0.2, -0.15) is 0 Å². The van der Waals surface area contributed by atoms with Gasteiger partial charge < -0.3 is 9.94 Å². The molecule has 0 radical (unpaired) electrons. The van der Waals surface area contributed by atoms with Crippen LogP contribution in [0.1, 0.15) is 29.2 Å². The molecule has 2 aromatic carbocycles. The first-order valence-corrected chi connectivity index (χ1v) is 6.94. The van der Waals surface area contributed by atoms with Gasteiger partial charge in [0, 0.05) is 11.5 Å². The zero-order valence-electron chi connectivity index (χ0n) is 11.0. The Balaban J connectivity index is 1.69. The smallest absolute Gasteiger partial charge is 0.161 e. The minimum Gasteiger partial charge on any atom is -0.508 e. The molecule has 1 aliphatic carbocycles. The van der Waals surface area contributed by atoms with Gasteiger partial charge in [0.15, 0.2) is 6.10 Å². The first-order valence-electron chi connectivity index (χ1n) is 6.94. The predicted octanol–water partition coefficient (Wildman–Crippen LogP) is 3.43. The fraction of sp³-hybridized carbons (Fsp3) is 0.235. The van der Waals surface area contributed by atoms with E-state index in [4.69, 9.17) is 4.84 Å². The van der Waals surface area contributed by atoms with Crippen molar-refractivity contribution >= 4 is 5.71 Å². The molecule has 20 heavy (non-hydrogen) atoms. The van der Waals surface area contributed by atoms with E-state index in [1.807, 2.05) is 12.1 Å². The highest BCUT2D eigenvalue weighted by molar-refractivity contribution is 6.05. The molecule has 4 rings (SSSR count). The largest absolute Gasteiger partial charge is 0.508 e. The Bertz CT molecular complexity index is 676. The summed E-state index contributed by atoms with van der Waals surface area (Å²) in [4.78, 5) is 5.69. The number of rotatable bonds is 1. The van der Waals surface area contributed by atoms with Crippen molar-refractivity contribution in [1.82, 2.24) is 0 Å². The Morgan fingerprint density at radius 2 is 1.85 bits per heavy atom. The molecular weight excluding hydrogens is 250 g/mol. The van der Waals surface area contributed by atoms with Crippen LogP contribution in [0.3, 0.4) is 0 Å². The van der Waals surface area contributed by atoms with Crippen LogP contribution >= 0.6 is 0 Å². The van der Waals surface area contributed by atoms with Crippen LogP contribution in [0.5, 0.6) is 5.75 Å². The lowest BCUT2D eigenvalue weighted by Gasteiger charge is -2.24. The van der Waals surface area contributed by atoms with Crippen LogP contribution in [0.2, 0.25) is 0 Å². The molecule has 100 valence electrons. The van der Waals surface area contributed by atoms with Crippen LogP contribution in [0, 0.1) is 5.92 Å². The summed E-state index contributed by atoms with van der Waals surface area (Å²) >= 11 is 0. The lowest BCUT2D eigenvalue weighted by Crippen LogP contribution is -2.24. The molecule has 3 nitrogen and oxygen atoms in total. The zero-order chi connectivity index (χ0) is 13.5. The van der Waals surface area contributed by atoms with Crippen molar-refractivity contribution in [2.45, 2.75) is 18.9 Å². The number of fused-ring (bicyclic) bond motifs is 3. The number of hydrogen-bond donors (Lipinski definition) is 1. The van der Waals surface area contributed by atoms with Crippen molar-refractivity contribution in [1.29, 1.82) is 0 Å². The van der Waals surface area contributed by atoms with E-state index in [-0.39, 0.29) is 11.9 Å². The minimum atomic E-state index is -0.0287. The average molecular weight is 265 g/mol. The number of benzene rings is 2. The molecule has 2 atom stereocenters. The topological polar surface area (TPSA) is 41.8 Å². The maximum absolute atomic E-state index is 9.39. The Morgan fingerprint density at radius 3 is 2.70 bits per heavy atom. The van der Waals surface area contributed by atoms with E-state index < -0.39 is 0 Å².